The highest BCUT2D eigenvalue weighted by molar-refractivity contribution is 6.00. The molecule has 2 aliphatic rings. The molecule has 3 atom stereocenters. The largest absolute Gasteiger partial charge is 0.354 e. The zero-order chi connectivity index (χ0) is 28.3. The minimum Gasteiger partial charge on any atom is -0.354 e. The number of carbonyl (C=O) groups excluding carboxylic acids is 3. The first kappa shape index (κ1) is 28.6. The monoisotopic (exact) mass is 543 g/mol. The fraction of sp³-hybridized carbons (Fsp3) is 0.483. The summed E-state index contributed by atoms with van der Waals surface area (Å²) in [4.78, 5) is 42.7. The number of nitrogens with zero attached hydrogens (tertiary/aromatic N) is 1. The summed E-state index contributed by atoms with van der Waals surface area (Å²) in [6.07, 6.45) is 0.631. The maximum Gasteiger partial charge on any atom is 0.247 e. The summed E-state index contributed by atoms with van der Waals surface area (Å²) in [5.41, 5.74) is 2.00. The third-order valence-electron chi connectivity index (χ3n) is 7.46. The van der Waals surface area contributed by atoms with Gasteiger partial charge in [0.2, 0.25) is 17.7 Å². The van der Waals surface area contributed by atoms with Gasteiger partial charge in [0.1, 0.15) is 29.8 Å². The molecule has 1 saturated heterocycles. The third kappa shape index (κ3) is 6.12. The highest BCUT2D eigenvalue weighted by atomic mass is 19.1. The number of rotatable bonds is 10. The molecule has 39 heavy (non-hydrogen) atoms. The first-order valence-electron chi connectivity index (χ1n) is 13.1. The van der Waals surface area contributed by atoms with Crippen molar-refractivity contribution in [2.45, 2.75) is 57.5 Å². The first-order valence-corrected chi connectivity index (χ1v) is 13.1. The number of halogens is 2. The molecule has 0 spiro atoms. The van der Waals surface area contributed by atoms with Crippen LogP contribution < -0.4 is 10.6 Å². The maximum absolute atomic E-state index is 15.2. The van der Waals surface area contributed by atoms with Crippen molar-refractivity contribution in [2.75, 3.05) is 20.8 Å². The van der Waals surface area contributed by atoms with Gasteiger partial charge in [0.05, 0.1) is 6.54 Å². The molecule has 0 saturated carbocycles. The number of carbonyl (C=O) groups is 3. The normalized spacial score (nSPS) is 20.4. The van der Waals surface area contributed by atoms with Crippen molar-refractivity contribution >= 4 is 17.7 Å². The fourth-order valence-corrected chi connectivity index (χ4v) is 5.56. The van der Waals surface area contributed by atoms with Gasteiger partial charge in [0.15, 0.2) is 6.29 Å². The highest BCUT2D eigenvalue weighted by Gasteiger charge is 2.50. The second kappa shape index (κ2) is 12.2. The second-order valence-corrected chi connectivity index (χ2v) is 10.5. The van der Waals surface area contributed by atoms with Crippen molar-refractivity contribution in [2.24, 2.45) is 11.8 Å². The molecule has 0 aromatic heterocycles. The third-order valence-corrected chi connectivity index (χ3v) is 7.46. The molecule has 2 aromatic carbocycles. The Balaban J connectivity index is 1.75. The summed E-state index contributed by atoms with van der Waals surface area (Å²) in [6.45, 7) is 3.70. The second-order valence-electron chi connectivity index (χ2n) is 10.5. The van der Waals surface area contributed by atoms with E-state index in [0.29, 0.717) is 18.9 Å². The summed E-state index contributed by atoms with van der Waals surface area (Å²) >= 11 is 0. The number of piperazine rings is 1. The van der Waals surface area contributed by atoms with Crippen LogP contribution in [-0.2, 0) is 36.7 Å². The molecule has 3 amide bonds. The van der Waals surface area contributed by atoms with Gasteiger partial charge in [-0.15, -0.1) is 0 Å². The van der Waals surface area contributed by atoms with Crippen LogP contribution in [0.3, 0.4) is 0 Å². The zero-order valence-corrected chi connectivity index (χ0v) is 22.6. The lowest BCUT2D eigenvalue weighted by Gasteiger charge is -2.44. The Morgan fingerprint density at radius 2 is 1.72 bits per heavy atom. The Hall–Kier alpha value is -3.37. The predicted octanol–water partition coefficient (Wildman–Crippen LogP) is 2.90. The lowest BCUT2D eigenvalue weighted by Crippen LogP contribution is -2.67. The van der Waals surface area contributed by atoms with Gasteiger partial charge in [-0.1, -0.05) is 44.2 Å². The van der Waals surface area contributed by atoms with Gasteiger partial charge < -0.3 is 25.0 Å². The van der Waals surface area contributed by atoms with Crippen LogP contribution in [0.1, 0.15) is 43.0 Å². The topological polar surface area (TPSA) is 97.0 Å². The van der Waals surface area contributed by atoms with Crippen molar-refractivity contribution in [1.29, 1.82) is 0 Å². The molecular weight excluding hydrogens is 508 g/mol. The van der Waals surface area contributed by atoms with E-state index in [1.807, 2.05) is 38.1 Å². The van der Waals surface area contributed by atoms with E-state index in [0.717, 1.165) is 23.3 Å². The van der Waals surface area contributed by atoms with Gasteiger partial charge >= 0.3 is 0 Å². The Labute approximate surface area is 227 Å². The van der Waals surface area contributed by atoms with Crippen LogP contribution in [0.4, 0.5) is 8.78 Å². The van der Waals surface area contributed by atoms with E-state index >= 15 is 4.39 Å². The molecule has 1 fully saturated rings. The average Bonchev–Trinajstić information content (AvgIpc) is 3.33. The molecule has 0 unspecified atom stereocenters. The van der Waals surface area contributed by atoms with E-state index in [1.165, 1.54) is 19.1 Å². The van der Waals surface area contributed by atoms with E-state index in [2.05, 4.69) is 10.6 Å². The molecule has 2 aromatic rings. The maximum atomic E-state index is 15.2. The van der Waals surface area contributed by atoms with Crippen LogP contribution in [0.15, 0.2) is 42.5 Å². The molecule has 4 rings (SSSR count). The van der Waals surface area contributed by atoms with E-state index in [4.69, 9.17) is 9.47 Å². The number of benzene rings is 2. The van der Waals surface area contributed by atoms with Gasteiger partial charge in [0, 0.05) is 25.8 Å². The molecule has 0 radical (unpaired) electrons. The van der Waals surface area contributed by atoms with Gasteiger partial charge in [0.25, 0.3) is 0 Å². The summed E-state index contributed by atoms with van der Waals surface area (Å²) in [6, 6.07) is 7.24. The number of methoxy groups -OCH3 is 2. The highest BCUT2D eigenvalue weighted by Crippen LogP contribution is 2.36. The van der Waals surface area contributed by atoms with Gasteiger partial charge in [-0.3, -0.25) is 14.4 Å². The van der Waals surface area contributed by atoms with E-state index in [-0.39, 0.29) is 30.4 Å². The van der Waals surface area contributed by atoms with Gasteiger partial charge in [-0.2, -0.15) is 0 Å². The molecule has 10 heteroatoms. The summed E-state index contributed by atoms with van der Waals surface area (Å²) in [5.74, 6) is -3.67. The number of fused-ring (bicyclic) bond motifs is 1. The SMILES string of the molecule is COC(CNC(=O)[C@@H](c1ccc(F)cc1F)N1C(=O)[C@@H](C2Cc3ccccc3C2)NC(=O)[C@H]1CC(C)C)OC. The van der Waals surface area contributed by atoms with Crippen molar-refractivity contribution in [1.82, 2.24) is 15.5 Å². The number of amides is 3. The summed E-state index contributed by atoms with van der Waals surface area (Å²) in [7, 11) is 2.80. The zero-order valence-electron chi connectivity index (χ0n) is 22.6. The van der Waals surface area contributed by atoms with E-state index < -0.39 is 53.8 Å². The minimum atomic E-state index is -1.52. The Morgan fingerprint density at radius 1 is 1.08 bits per heavy atom. The molecule has 2 N–H and O–H groups in total. The Morgan fingerprint density at radius 3 is 2.28 bits per heavy atom. The molecule has 8 nitrogen and oxygen atoms in total. The van der Waals surface area contributed by atoms with Crippen molar-refractivity contribution in [3.8, 4) is 0 Å². The van der Waals surface area contributed by atoms with E-state index in [1.54, 1.807) is 0 Å². The van der Waals surface area contributed by atoms with Crippen LogP contribution in [-0.4, -0.2) is 61.8 Å². The standard InChI is InChI=1S/C29H35F2N3O5/c1-16(2)11-23-27(35)33-25(19-12-17-7-5-6-8-18(17)13-19)29(37)34(23)26(21-10-9-20(30)14-22(21)31)28(36)32-15-24(38-3)39-4/h5-10,14,16,19,23-26H,11-13,15H2,1-4H3,(H,32,36)(H,33,35)/t23-,25-,26-/m1/s1. The fourth-order valence-electron chi connectivity index (χ4n) is 5.56. The lowest BCUT2D eigenvalue weighted by molar-refractivity contribution is -0.158. The van der Waals surface area contributed by atoms with Crippen molar-refractivity contribution < 1.29 is 32.6 Å². The van der Waals surface area contributed by atoms with Crippen LogP contribution in [0.2, 0.25) is 0 Å². The lowest BCUT2D eigenvalue weighted by atomic mass is 9.88. The van der Waals surface area contributed by atoms with Crippen molar-refractivity contribution in [3.05, 3.63) is 70.8 Å². The predicted molar refractivity (Wildman–Crippen MR) is 139 cm³/mol. The molecule has 210 valence electrons. The van der Waals surface area contributed by atoms with Crippen LogP contribution >= 0.6 is 0 Å². The number of ether oxygens (including phenoxy) is 2. The number of hydrogen-bond donors (Lipinski definition) is 2. The van der Waals surface area contributed by atoms with E-state index in [9.17, 15) is 18.8 Å². The number of nitrogens with one attached hydrogen (secondary N) is 2. The van der Waals surface area contributed by atoms with Crippen LogP contribution in [0, 0.1) is 23.5 Å². The van der Waals surface area contributed by atoms with Gasteiger partial charge in [-0.05, 0) is 48.3 Å². The van der Waals surface area contributed by atoms with Crippen LogP contribution in [0.5, 0.6) is 0 Å². The first-order chi connectivity index (χ1) is 18.6. The smallest absolute Gasteiger partial charge is 0.247 e. The molecule has 1 aliphatic heterocycles. The molecular formula is C29H35F2N3O5. The van der Waals surface area contributed by atoms with Crippen molar-refractivity contribution in [3.63, 3.8) is 0 Å². The molecule has 1 aliphatic carbocycles. The molecule has 1 heterocycles. The summed E-state index contributed by atoms with van der Waals surface area (Å²) in [5, 5.41) is 5.57. The van der Waals surface area contributed by atoms with Gasteiger partial charge in [-0.25, -0.2) is 8.78 Å². The molecule has 0 bridgehead atoms. The van der Waals surface area contributed by atoms with Crippen LogP contribution in [0.25, 0.3) is 0 Å². The summed E-state index contributed by atoms with van der Waals surface area (Å²) < 4.78 is 39.4. The average molecular weight is 544 g/mol. The quantitative estimate of drug-likeness (QED) is 0.450. The Bertz CT molecular complexity index is 1190. The minimum absolute atomic E-state index is 0.0172. The Kier molecular flexibility index (Phi) is 8.97. The number of hydrogen-bond acceptors (Lipinski definition) is 5.